The van der Waals surface area contributed by atoms with Crippen molar-refractivity contribution < 1.29 is 0 Å². The number of fused-ring (bicyclic) bond motifs is 1. The Labute approximate surface area is 110 Å². The predicted molar refractivity (Wildman–Crippen MR) is 74.2 cm³/mol. The van der Waals surface area contributed by atoms with Crippen molar-refractivity contribution in [3.63, 3.8) is 0 Å². The summed E-state index contributed by atoms with van der Waals surface area (Å²) in [5, 5.41) is 0. The number of nitrogens with zero attached hydrogens (tertiary/aromatic N) is 2. The fraction of sp³-hybridized carbons (Fsp3) is 0.600. The highest BCUT2D eigenvalue weighted by Gasteiger charge is 2.30. The molecule has 3 rings (SSSR count). The maximum absolute atomic E-state index is 5.63. The van der Waals surface area contributed by atoms with Gasteiger partial charge in [0, 0.05) is 38.8 Å². The Hall–Kier alpha value is -0.900. The SMILES string of the molecule is NCc1ccc(CN2CCN3CCCC3C2)cc1. The zero-order valence-corrected chi connectivity index (χ0v) is 11.0. The van der Waals surface area contributed by atoms with Crippen LogP contribution in [0.3, 0.4) is 0 Å². The molecular formula is C15H23N3. The van der Waals surface area contributed by atoms with E-state index in [9.17, 15) is 0 Å². The minimum atomic E-state index is 0.640. The average Bonchev–Trinajstić information content (AvgIpc) is 2.87. The van der Waals surface area contributed by atoms with Crippen molar-refractivity contribution in [1.82, 2.24) is 9.80 Å². The van der Waals surface area contributed by atoms with Gasteiger partial charge in [0.05, 0.1) is 0 Å². The number of benzene rings is 1. The Kier molecular flexibility index (Phi) is 3.64. The highest BCUT2D eigenvalue weighted by atomic mass is 15.3. The molecule has 0 saturated carbocycles. The molecule has 1 aromatic carbocycles. The number of nitrogens with two attached hydrogens (primary N) is 1. The Morgan fingerprint density at radius 2 is 1.83 bits per heavy atom. The summed E-state index contributed by atoms with van der Waals surface area (Å²) in [6.07, 6.45) is 2.78. The van der Waals surface area contributed by atoms with Crippen LogP contribution in [0.5, 0.6) is 0 Å². The van der Waals surface area contributed by atoms with Crippen LogP contribution >= 0.6 is 0 Å². The molecule has 1 aromatic rings. The van der Waals surface area contributed by atoms with E-state index in [1.807, 2.05) is 0 Å². The largest absolute Gasteiger partial charge is 0.326 e. The third-order valence-corrected chi connectivity index (χ3v) is 4.34. The fourth-order valence-electron chi connectivity index (χ4n) is 3.24. The summed E-state index contributed by atoms with van der Waals surface area (Å²) in [5.74, 6) is 0. The fourth-order valence-corrected chi connectivity index (χ4v) is 3.24. The standard InChI is InChI=1S/C15H23N3/c16-10-13-3-5-14(6-4-13)11-17-8-9-18-7-1-2-15(18)12-17/h3-6,15H,1-2,7-12,16H2. The molecule has 0 amide bonds. The molecule has 0 bridgehead atoms. The molecule has 2 aliphatic heterocycles. The van der Waals surface area contributed by atoms with E-state index in [1.165, 1.54) is 50.1 Å². The van der Waals surface area contributed by atoms with Crippen molar-refractivity contribution in [2.24, 2.45) is 5.73 Å². The molecule has 0 aliphatic carbocycles. The van der Waals surface area contributed by atoms with Crippen molar-refractivity contribution in [3.8, 4) is 0 Å². The van der Waals surface area contributed by atoms with Gasteiger partial charge in [0.15, 0.2) is 0 Å². The van der Waals surface area contributed by atoms with Crippen molar-refractivity contribution in [1.29, 1.82) is 0 Å². The van der Waals surface area contributed by atoms with E-state index in [-0.39, 0.29) is 0 Å². The van der Waals surface area contributed by atoms with Crippen molar-refractivity contribution in [2.45, 2.75) is 32.0 Å². The molecule has 0 spiro atoms. The van der Waals surface area contributed by atoms with E-state index in [0.29, 0.717) is 6.54 Å². The van der Waals surface area contributed by atoms with Gasteiger partial charge >= 0.3 is 0 Å². The molecule has 0 radical (unpaired) electrons. The zero-order valence-electron chi connectivity index (χ0n) is 11.0. The van der Waals surface area contributed by atoms with E-state index in [0.717, 1.165) is 12.6 Å². The predicted octanol–water partition coefficient (Wildman–Crippen LogP) is 1.43. The van der Waals surface area contributed by atoms with Crippen LogP contribution < -0.4 is 5.73 Å². The highest BCUT2D eigenvalue weighted by molar-refractivity contribution is 5.22. The molecule has 2 N–H and O–H groups in total. The Morgan fingerprint density at radius 3 is 2.61 bits per heavy atom. The van der Waals surface area contributed by atoms with E-state index in [4.69, 9.17) is 5.73 Å². The molecule has 0 aromatic heterocycles. The van der Waals surface area contributed by atoms with Gasteiger partial charge in [-0.05, 0) is 30.5 Å². The first-order valence-corrected chi connectivity index (χ1v) is 7.09. The summed E-state index contributed by atoms with van der Waals surface area (Å²) < 4.78 is 0. The lowest BCUT2D eigenvalue weighted by atomic mass is 10.1. The number of hydrogen-bond acceptors (Lipinski definition) is 3. The van der Waals surface area contributed by atoms with Crippen LogP contribution in [0.25, 0.3) is 0 Å². The number of rotatable bonds is 3. The molecule has 2 aliphatic rings. The van der Waals surface area contributed by atoms with Gasteiger partial charge in [0.25, 0.3) is 0 Å². The van der Waals surface area contributed by atoms with Crippen LogP contribution in [0.15, 0.2) is 24.3 Å². The third kappa shape index (κ3) is 2.58. The van der Waals surface area contributed by atoms with Gasteiger partial charge in [0.2, 0.25) is 0 Å². The molecule has 2 fully saturated rings. The Balaban J connectivity index is 1.58. The second kappa shape index (κ2) is 5.39. The van der Waals surface area contributed by atoms with Crippen LogP contribution in [-0.4, -0.2) is 42.0 Å². The van der Waals surface area contributed by atoms with Crippen LogP contribution in [0, 0.1) is 0 Å². The van der Waals surface area contributed by atoms with Crippen LogP contribution in [0.4, 0.5) is 0 Å². The molecule has 2 heterocycles. The molecule has 3 heteroatoms. The van der Waals surface area contributed by atoms with Gasteiger partial charge in [-0.3, -0.25) is 9.80 Å². The molecule has 1 atom stereocenters. The van der Waals surface area contributed by atoms with E-state index >= 15 is 0 Å². The maximum atomic E-state index is 5.63. The molecule has 18 heavy (non-hydrogen) atoms. The molecule has 98 valence electrons. The number of piperazine rings is 1. The van der Waals surface area contributed by atoms with Gasteiger partial charge in [0.1, 0.15) is 0 Å². The lowest BCUT2D eigenvalue weighted by Crippen LogP contribution is -2.49. The summed E-state index contributed by atoms with van der Waals surface area (Å²) in [6.45, 7) is 6.78. The minimum Gasteiger partial charge on any atom is -0.326 e. The van der Waals surface area contributed by atoms with Crippen LogP contribution in [0.1, 0.15) is 24.0 Å². The summed E-state index contributed by atoms with van der Waals surface area (Å²) in [7, 11) is 0. The first kappa shape index (κ1) is 12.2. The molecule has 2 saturated heterocycles. The smallest absolute Gasteiger partial charge is 0.0234 e. The van der Waals surface area contributed by atoms with E-state index in [1.54, 1.807) is 0 Å². The first-order chi connectivity index (χ1) is 8.85. The normalized spacial score (nSPS) is 25.3. The Bertz CT molecular complexity index is 387. The maximum Gasteiger partial charge on any atom is 0.0234 e. The van der Waals surface area contributed by atoms with E-state index < -0.39 is 0 Å². The molecular weight excluding hydrogens is 222 g/mol. The van der Waals surface area contributed by atoms with Crippen molar-refractivity contribution in [3.05, 3.63) is 35.4 Å². The first-order valence-electron chi connectivity index (χ1n) is 7.09. The highest BCUT2D eigenvalue weighted by Crippen LogP contribution is 2.22. The summed E-state index contributed by atoms with van der Waals surface area (Å²) in [6, 6.07) is 9.58. The Morgan fingerprint density at radius 1 is 1.06 bits per heavy atom. The van der Waals surface area contributed by atoms with Gasteiger partial charge in [-0.25, -0.2) is 0 Å². The third-order valence-electron chi connectivity index (χ3n) is 4.34. The zero-order chi connectivity index (χ0) is 12.4. The number of hydrogen-bond donors (Lipinski definition) is 1. The van der Waals surface area contributed by atoms with Gasteiger partial charge in [-0.2, -0.15) is 0 Å². The monoisotopic (exact) mass is 245 g/mol. The molecule has 1 unspecified atom stereocenters. The van der Waals surface area contributed by atoms with Gasteiger partial charge in [-0.15, -0.1) is 0 Å². The topological polar surface area (TPSA) is 32.5 Å². The molecule has 3 nitrogen and oxygen atoms in total. The van der Waals surface area contributed by atoms with E-state index in [2.05, 4.69) is 34.1 Å². The quantitative estimate of drug-likeness (QED) is 0.874. The summed E-state index contributed by atoms with van der Waals surface area (Å²) in [4.78, 5) is 5.26. The van der Waals surface area contributed by atoms with Gasteiger partial charge in [-0.1, -0.05) is 24.3 Å². The van der Waals surface area contributed by atoms with Crippen LogP contribution in [-0.2, 0) is 13.1 Å². The summed E-state index contributed by atoms with van der Waals surface area (Å²) in [5.41, 5.74) is 8.26. The minimum absolute atomic E-state index is 0.640. The lowest BCUT2D eigenvalue weighted by Gasteiger charge is -2.37. The van der Waals surface area contributed by atoms with Crippen molar-refractivity contribution in [2.75, 3.05) is 26.2 Å². The van der Waals surface area contributed by atoms with Crippen LogP contribution in [0.2, 0.25) is 0 Å². The van der Waals surface area contributed by atoms with Gasteiger partial charge < -0.3 is 5.73 Å². The average molecular weight is 245 g/mol. The summed E-state index contributed by atoms with van der Waals surface area (Å²) >= 11 is 0. The second-order valence-electron chi connectivity index (χ2n) is 5.59. The lowest BCUT2D eigenvalue weighted by molar-refractivity contribution is 0.0994. The van der Waals surface area contributed by atoms with Crippen molar-refractivity contribution >= 4 is 0 Å². The second-order valence-corrected chi connectivity index (χ2v) is 5.59.